The van der Waals surface area contributed by atoms with Gasteiger partial charge in [0, 0.05) is 17.7 Å². The van der Waals surface area contributed by atoms with E-state index in [4.69, 9.17) is 11.6 Å². The van der Waals surface area contributed by atoms with Crippen molar-refractivity contribution in [1.29, 1.82) is 0 Å². The molecule has 5 heteroatoms. The highest BCUT2D eigenvalue weighted by molar-refractivity contribution is 6.34. The average molecular weight is 316 g/mol. The number of carbonyl (C=O) groups is 3. The molecule has 0 atom stereocenters. The van der Waals surface area contributed by atoms with Gasteiger partial charge in [0.25, 0.3) is 5.91 Å². The van der Waals surface area contributed by atoms with Crippen molar-refractivity contribution in [2.45, 2.75) is 13.5 Å². The zero-order valence-electron chi connectivity index (χ0n) is 11.9. The van der Waals surface area contributed by atoms with Crippen LogP contribution in [0.4, 0.5) is 0 Å². The quantitative estimate of drug-likeness (QED) is 0.680. The molecule has 0 radical (unpaired) electrons. The van der Waals surface area contributed by atoms with Gasteiger partial charge in [0.15, 0.2) is 5.78 Å². The number of ketones is 1. The Morgan fingerprint density at radius 1 is 1.14 bits per heavy atom. The summed E-state index contributed by atoms with van der Waals surface area (Å²) in [4.78, 5) is 34.5. The van der Waals surface area contributed by atoms with Crippen molar-refractivity contribution in [3.05, 3.63) is 69.7 Å². The van der Waals surface area contributed by atoms with Crippen LogP contribution in [0, 0.1) is 0 Å². The number of Topliss-reactive ketones (excluding diaryl/α,β-unsaturated/α-hetero) is 1. The minimum atomic E-state index is -0.407. The maximum absolute atomic E-state index is 12.3. The third kappa shape index (κ3) is 3.59. The molecular weight excluding hydrogens is 302 g/mol. The Kier molecular flexibility index (Phi) is 5.07. The molecule has 0 aliphatic rings. The van der Waals surface area contributed by atoms with E-state index in [1.165, 1.54) is 6.92 Å². The van der Waals surface area contributed by atoms with Crippen LogP contribution in [-0.2, 0) is 6.54 Å². The van der Waals surface area contributed by atoms with E-state index in [-0.39, 0.29) is 22.9 Å². The van der Waals surface area contributed by atoms with Crippen LogP contribution in [0.3, 0.4) is 0 Å². The lowest BCUT2D eigenvalue weighted by Gasteiger charge is -2.10. The Bertz CT molecular complexity index is 723. The number of amides is 1. The Balaban J connectivity index is 2.15. The van der Waals surface area contributed by atoms with Gasteiger partial charge in [-0.1, -0.05) is 48.0 Å². The van der Waals surface area contributed by atoms with E-state index in [0.717, 1.165) is 11.8 Å². The van der Waals surface area contributed by atoms with Crippen LogP contribution >= 0.6 is 11.6 Å². The average Bonchev–Trinajstić information content (AvgIpc) is 2.52. The second-order valence-electron chi connectivity index (χ2n) is 4.76. The molecule has 0 unspecified atom stereocenters. The zero-order valence-corrected chi connectivity index (χ0v) is 12.7. The number of aldehydes is 1. The molecule has 0 saturated carbocycles. The van der Waals surface area contributed by atoms with Gasteiger partial charge in [-0.25, -0.2) is 0 Å². The molecule has 0 saturated heterocycles. The zero-order chi connectivity index (χ0) is 16.1. The Morgan fingerprint density at radius 3 is 2.41 bits per heavy atom. The van der Waals surface area contributed by atoms with Gasteiger partial charge in [0.2, 0.25) is 0 Å². The first-order valence-corrected chi connectivity index (χ1v) is 7.02. The fourth-order valence-corrected chi connectivity index (χ4v) is 2.29. The summed E-state index contributed by atoms with van der Waals surface area (Å²) in [5.41, 5.74) is 1.89. The molecule has 0 aliphatic heterocycles. The predicted molar refractivity (Wildman–Crippen MR) is 84.5 cm³/mol. The number of hydrogen-bond donors (Lipinski definition) is 1. The van der Waals surface area contributed by atoms with Gasteiger partial charge in [-0.2, -0.15) is 0 Å². The van der Waals surface area contributed by atoms with Crippen molar-refractivity contribution in [1.82, 2.24) is 5.32 Å². The Hall–Kier alpha value is -2.46. The van der Waals surface area contributed by atoms with Gasteiger partial charge in [-0.05, 0) is 18.6 Å². The number of hydrogen-bond acceptors (Lipinski definition) is 3. The van der Waals surface area contributed by atoms with Gasteiger partial charge >= 0.3 is 0 Å². The van der Waals surface area contributed by atoms with Crippen molar-refractivity contribution in [3.8, 4) is 0 Å². The maximum atomic E-state index is 12.3. The molecule has 2 rings (SSSR count). The molecule has 1 amide bonds. The first-order valence-electron chi connectivity index (χ1n) is 6.64. The van der Waals surface area contributed by atoms with Crippen molar-refractivity contribution in [2.75, 3.05) is 0 Å². The summed E-state index contributed by atoms with van der Waals surface area (Å²) in [6.45, 7) is 1.67. The van der Waals surface area contributed by atoms with Crippen LogP contribution in [-0.4, -0.2) is 18.0 Å². The van der Waals surface area contributed by atoms with Crippen molar-refractivity contribution < 1.29 is 14.4 Å². The lowest BCUT2D eigenvalue weighted by Crippen LogP contribution is -2.25. The van der Waals surface area contributed by atoms with E-state index < -0.39 is 5.91 Å². The smallest absolute Gasteiger partial charge is 0.253 e. The highest BCUT2D eigenvalue weighted by Gasteiger charge is 2.17. The molecule has 0 aliphatic carbocycles. The van der Waals surface area contributed by atoms with E-state index in [1.807, 2.05) is 0 Å². The van der Waals surface area contributed by atoms with Crippen LogP contribution in [0.25, 0.3) is 0 Å². The fourth-order valence-electron chi connectivity index (χ4n) is 2.03. The molecule has 112 valence electrons. The van der Waals surface area contributed by atoms with Crippen LogP contribution in [0.15, 0.2) is 42.5 Å². The summed E-state index contributed by atoms with van der Waals surface area (Å²) < 4.78 is 0. The molecule has 4 nitrogen and oxygen atoms in total. The number of rotatable bonds is 5. The third-order valence-corrected chi connectivity index (χ3v) is 3.50. The van der Waals surface area contributed by atoms with Crippen molar-refractivity contribution in [3.63, 3.8) is 0 Å². The maximum Gasteiger partial charge on any atom is 0.253 e. The van der Waals surface area contributed by atoms with Crippen molar-refractivity contribution >= 4 is 29.6 Å². The molecule has 2 aromatic rings. The molecule has 1 N–H and O–H groups in total. The summed E-state index contributed by atoms with van der Waals surface area (Å²) in [5.74, 6) is -0.627. The first kappa shape index (κ1) is 15.9. The monoisotopic (exact) mass is 315 g/mol. The van der Waals surface area contributed by atoms with E-state index in [2.05, 4.69) is 5.32 Å². The van der Waals surface area contributed by atoms with E-state index in [9.17, 15) is 14.4 Å². The topological polar surface area (TPSA) is 63.2 Å². The fraction of sp³-hybridized carbons (Fsp3) is 0.118. The van der Waals surface area contributed by atoms with Crippen LogP contribution < -0.4 is 5.32 Å². The Morgan fingerprint density at radius 2 is 1.82 bits per heavy atom. The number of halogens is 1. The van der Waals surface area contributed by atoms with Crippen LogP contribution in [0.2, 0.25) is 5.02 Å². The summed E-state index contributed by atoms with van der Waals surface area (Å²) in [7, 11) is 0. The summed E-state index contributed by atoms with van der Waals surface area (Å²) >= 11 is 6.04. The third-order valence-electron chi connectivity index (χ3n) is 3.19. The van der Waals surface area contributed by atoms with Gasteiger partial charge in [-0.15, -0.1) is 0 Å². The van der Waals surface area contributed by atoms with E-state index >= 15 is 0 Å². The van der Waals surface area contributed by atoms with E-state index in [1.54, 1.807) is 42.5 Å². The highest BCUT2D eigenvalue weighted by atomic mass is 35.5. The molecule has 22 heavy (non-hydrogen) atoms. The first-order chi connectivity index (χ1) is 10.5. The standard InChI is InChI=1S/C17H14ClNO3/c1-11(21)14-3-2-4-15(18)16(14)17(22)19-9-12-5-7-13(10-20)8-6-12/h2-8,10H,9H2,1H3,(H,19,22). The second kappa shape index (κ2) is 7.00. The van der Waals surface area contributed by atoms with E-state index in [0.29, 0.717) is 11.1 Å². The molecule has 0 bridgehead atoms. The second-order valence-corrected chi connectivity index (χ2v) is 5.17. The minimum absolute atomic E-state index is 0.182. The van der Waals surface area contributed by atoms with Gasteiger partial charge < -0.3 is 5.32 Å². The number of benzene rings is 2. The van der Waals surface area contributed by atoms with Gasteiger partial charge in [0.05, 0.1) is 10.6 Å². The van der Waals surface area contributed by atoms with Crippen molar-refractivity contribution in [2.24, 2.45) is 0 Å². The minimum Gasteiger partial charge on any atom is -0.348 e. The highest BCUT2D eigenvalue weighted by Crippen LogP contribution is 2.20. The Labute approximate surface area is 133 Å². The molecule has 2 aromatic carbocycles. The molecule has 0 fully saturated rings. The number of nitrogens with one attached hydrogen (secondary N) is 1. The van der Waals surface area contributed by atoms with Crippen LogP contribution in [0.1, 0.15) is 43.6 Å². The summed E-state index contributed by atoms with van der Waals surface area (Å²) in [6.07, 6.45) is 0.755. The molecule has 0 aromatic heterocycles. The lowest BCUT2D eigenvalue weighted by molar-refractivity contribution is 0.0936. The summed E-state index contributed by atoms with van der Waals surface area (Å²) in [5, 5.41) is 2.96. The lowest BCUT2D eigenvalue weighted by atomic mass is 10.0. The van der Waals surface area contributed by atoms with Gasteiger partial charge in [-0.3, -0.25) is 14.4 Å². The van der Waals surface area contributed by atoms with Crippen LogP contribution in [0.5, 0.6) is 0 Å². The largest absolute Gasteiger partial charge is 0.348 e. The normalized spacial score (nSPS) is 10.1. The SMILES string of the molecule is CC(=O)c1cccc(Cl)c1C(=O)NCc1ccc(C=O)cc1. The predicted octanol–water partition coefficient (Wildman–Crippen LogP) is 3.29. The molecule has 0 spiro atoms. The molecular formula is C17H14ClNO3. The van der Waals surface area contributed by atoms with Gasteiger partial charge in [0.1, 0.15) is 6.29 Å². The summed E-state index contributed by atoms with van der Waals surface area (Å²) in [6, 6.07) is 11.6. The molecule has 0 heterocycles. The number of carbonyl (C=O) groups excluding carboxylic acids is 3.